The van der Waals surface area contributed by atoms with Crippen LogP contribution in [0, 0.1) is 11.3 Å². The third-order valence-electron chi connectivity index (χ3n) is 3.09. The van der Waals surface area contributed by atoms with Gasteiger partial charge in [0.25, 0.3) is 0 Å². The Kier molecular flexibility index (Phi) is 3.37. The molecule has 1 aliphatic heterocycles. The van der Waals surface area contributed by atoms with Crippen LogP contribution in [0.25, 0.3) is 0 Å². The van der Waals surface area contributed by atoms with Crippen LogP contribution in [0.1, 0.15) is 18.5 Å². The molecule has 1 saturated heterocycles. The maximum atomic E-state index is 8.74. The predicted molar refractivity (Wildman–Crippen MR) is 63.1 cm³/mol. The Morgan fingerprint density at radius 1 is 1.69 bits per heavy atom. The van der Waals surface area contributed by atoms with E-state index in [4.69, 9.17) is 5.26 Å². The number of likely N-dealkylation sites (N-methyl/N-ethyl adjacent to an activating group) is 1. The number of likely N-dealkylation sites (tertiary alicyclic amines) is 1. The lowest BCUT2D eigenvalue weighted by Gasteiger charge is -2.20. The van der Waals surface area contributed by atoms with E-state index in [1.165, 1.54) is 19.4 Å². The maximum Gasteiger partial charge on any atom is 0.142 e. The topological polar surface area (TPSA) is 52.0 Å². The molecule has 1 aromatic rings. The molecule has 1 aliphatic rings. The molecule has 0 aliphatic carbocycles. The molecule has 1 unspecified atom stereocenters. The van der Waals surface area contributed by atoms with E-state index >= 15 is 0 Å². The van der Waals surface area contributed by atoms with Gasteiger partial charge in [-0.25, -0.2) is 4.98 Å². The predicted octanol–water partition coefficient (Wildman–Crippen LogP) is 1.46. The van der Waals surface area contributed by atoms with Crippen LogP contribution >= 0.6 is 0 Å². The van der Waals surface area contributed by atoms with Gasteiger partial charge in [0.2, 0.25) is 0 Å². The summed E-state index contributed by atoms with van der Waals surface area (Å²) in [7, 11) is 2.16. The first-order valence-corrected chi connectivity index (χ1v) is 5.60. The van der Waals surface area contributed by atoms with Crippen molar-refractivity contribution in [1.82, 2.24) is 9.88 Å². The van der Waals surface area contributed by atoms with Gasteiger partial charge in [-0.05, 0) is 38.6 Å². The van der Waals surface area contributed by atoms with Crippen molar-refractivity contribution in [1.29, 1.82) is 5.26 Å². The standard InChI is InChI=1S/C12H16N4/c1-16-6-2-3-12(16)9-15-10-4-5-14-11(7-10)8-13/h4-5,7,12H,2-3,6,9H2,1H3,(H,14,15). The first-order chi connectivity index (χ1) is 7.79. The lowest BCUT2D eigenvalue weighted by atomic mass is 10.2. The molecule has 1 N–H and O–H groups in total. The normalized spacial score (nSPS) is 20.6. The summed E-state index contributed by atoms with van der Waals surface area (Å²) < 4.78 is 0. The molecule has 0 spiro atoms. The van der Waals surface area contributed by atoms with Gasteiger partial charge in [0.05, 0.1) is 0 Å². The van der Waals surface area contributed by atoms with Crippen LogP contribution in [-0.2, 0) is 0 Å². The summed E-state index contributed by atoms with van der Waals surface area (Å²) in [5.74, 6) is 0. The van der Waals surface area contributed by atoms with E-state index in [9.17, 15) is 0 Å². The third-order valence-corrected chi connectivity index (χ3v) is 3.09. The maximum absolute atomic E-state index is 8.74. The number of anilines is 1. The fourth-order valence-electron chi connectivity index (χ4n) is 2.07. The number of pyridine rings is 1. The van der Waals surface area contributed by atoms with Crippen LogP contribution in [0.15, 0.2) is 18.3 Å². The molecule has 1 atom stereocenters. The zero-order valence-electron chi connectivity index (χ0n) is 9.48. The van der Waals surface area contributed by atoms with Crippen LogP contribution in [0.2, 0.25) is 0 Å². The second kappa shape index (κ2) is 4.95. The van der Waals surface area contributed by atoms with E-state index in [2.05, 4.69) is 22.2 Å². The Balaban J connectivity index is 1.92. The van der Waals surface area contributed by atoms with Crippen molar-refractivity contribution in [2.75, 3.05) is 25.5 Å². The van der Waals surface area contributed by atoms with Crippen molar-refractivity contribution in [3.05, 3.63) is 24.0 Å². The lowest BCUT2D eigenvalue weighted by molar-refractivity contribution is 0.322. The van der Waals surface area contributed by atoms with Gasteiger partial charge in [-0.2, -0.15) is 5.26 Å². The van der Waals surface area contributed by atoms with Crippen molar-refractivity contribution < 1.29 is 0 Å². The average Bonchev–Trinajstić information content (AvgIpc) is 2.72. The smallest absolute Gasteiger partial charge is 0.142 e. The molecular weight excluding hydrogens is 200 g/mol. The quantitative estimate of drug-likeness (QED) is 0.831. The van der Waals surface area contributed by atoms with Crippen molar-refractivity contribution in [3.63, 3.8) is 0 Å². The van der Waals surface area contributed by atoms with E-state index in [-0.39, 0.29) is 0 Å². The summed E-state index contributed by atoms with van der Waals surface area (Å²) in [6.07, 6.45) is 4.20. The van der Waals surface area contributed by atoms with Crippen molar-refractivity contribution >= 4 is 5.69 Å². The highest BCUT2D eigenvalue weighted by Gasteiger charge is 2.19. The highest BCUT2D eigenvalue weighted by Crippen LogP contribution is 2.16. The molecule has 4 nitrogen and oxygen atoms in total. The van der Waals surface area contributed by atoms with E-state index in [0.29, 0.717) is 11.7 Å². The molecule has 0 aromatic carbocycles. The Morgan fingerprint density at radius 3 is 3.25 bits per heavy atom. The largest absolute Gasteiger partial charge is 0.383 e. The minimum absolute atomic E-state index is 0.463. The zero-order chi connectivity index (χ0) is 11.4. The number of hydrogen-bond acceptors (Lipinski definition) is 4. The fourth-order valence-corrected chi connectivity index (χ4v) is 2.07. The van der Waals surface area contributed by atoms with Gasteiger partial charge < -0.3 is 10.2 Å². The molecular formula is C12H16N4. The summed E-state index contributed by atoms with van der Waals surface area (Å²) in [6, 6.07) is 6.34. The molecule has 0 bridgehead atoms. The van der Waals surface area contributed by atoms with Crippen LogP contribution in [-0.4, -0.2) is 36.1 Å². The van der Waals surface area contributed by atoms with E-state index in [1.807, 2.05) is 12.1 Å². The van der Waals surface area contributed by atoms with Gasteiger partial charge in [0, 0.05) is 24.5 Å². The zero-order valence-corrected chi connectivity index (χ0v) is 9.48. The summed E-state index contributed by atoms with van der Waals surface area (Å²) in [5.41, 5.74) is 1.44. The van der Waals surface area contributed by atoms with Crippen LogP contribution in [0.3, 0.4) is 0 Å². The Morgan fingerprint density at radius 2 is 2.56 bits per heavy atom. The first-order valence-electron chi connectivity index (χ1n) is 5.60. The fraction of sp³-hybridized carbons (Fsp3) is 0.500. The molecule has 2 heterocycles. The van der Waals surface area contributed by atoms with Gasteiger partial charge in [0.1, 0.15) is 11.8 Å². The Bertz CT molecular complexity index is 396. The number of nitrogens with zero attached hydrogens (tertiary/aromatic N) is 3. The summed E-state index contributed by atoms with van der Waals surface area (Å²) in [6.45, 7) is 2.12. The van der Waals surface area contributed by atoms with Crippen molar-refractivity contribution in [2.45, 2.75) is 18.9 Å². The lowest BCUT2D eigenvalue weighted by Crippen LogP contribution is -2.31. The van der Waals surface area contributed by atoms with E-state index in [0.717, 1.165) is 12.2 Å². The second-order valence-corrected chi connectivity index (χ2v) is 4.20. The Labute approximate surface area is 95.9 Å². The molecule has 1 fully saturated rings. The molecule has 0 saturated carbocycles. The minimum atomic E-state index is 0.463. The number of hydrogen-bond donors (Lipinski definition) is 1. The number of aromatic nitrogens is 1. The minimum Gasteiger partial charge on any atom is -0.383 e. The Hall–Kier alpha value is -1.60. The summed E-state index contributed by atoms with van der Waals surface area (Å²) in [4.78, 5) is 6.32. The highest BCUT2D eigenvalue weighted by atomic mass is 15.2. The van der Waals surface area contributed by atoms with Crippen LogP contribution in [0.4, 0.5) is 5.69 Å². The van der Waals surface area contributed by atoms with Gasteiger partial charge in [-0.15, -0.1) is 0 Å². The van der Waals surface area contributed by atoms with E-state index < -0.39 is 0 Å². The SMILES string of the molecule is CN1CCCC1CNc1ccnc(C#N)c1. The highest BCUT2D eigenvalue weighted by molar-refractivity contribution is 5.45. The molecule has 1 aromatic heterocycles. The van der Waals surface area contributed by atoms with Crippen molar-refractivity contribution in [2.24, 2.45) is 0 Å². The van der Waals surface area contributed by atoms with Crippen LogP contribution in [0.5, 0.6) is 0 Å². The van der Waals surface area contributed by atoms with Gasteiger partial charge in [-0.3, -0.25) is 0 Å². The van der Waals surface area contributed by atoms with Crippen molar-refractivity contribution in [3.8, 4) is 6.07 Å². The molecule has 16 heavy (non-hydrogen) atoms. The van der Waals surface area contributed by atoms with Gasteiger partial charge >= 0.3 is 0 Å². The van der Waals surface area contributed by atoms with Gasteiger partial charge in [0.15, 0.2) is 0 Å². The molecule has 0 radical (unpaired) electrons. The number of rotatable bonds is 3. The van der Waals surface area contributed by atoms with Crippen LogP contribution < -0.4 is 5.32 Å². The molecule has 4 heteroatoms. The summed E-state index contributed by atoms with van der Waals surface area (Å²) in [5, 5.41) is 12.1. The first kappa shape index (κ1) is 10.9. The average molecular weight is 216 g/mol. The molecule has 2 rings (SSSR count). The third kappa shape index (κ3) is 2.50. The molecule has 0 amide bonds. The monoisotopic (exact) mass is 216 g/mol. The second-order valence-electron chi connectivity index (χ2n) is 4.20. The summed E-state index contributed by atoms with van der Waals surface area (Å²) >= 11 is 0. The van der Waals surface area contributed by atoms with Gasteiger partial charge in [-0.1, -0.05) is 0 Å². The molecule has 84 valence electrons. The number of nitriles is 1. The van der Waals surface area contributed by atoms with E-state index in [1.54, 1.807) is 12.3 Å². The number of nitrogens with one attached hydrogen (secondary N) is 1.